The molecule has 4 rings (SSSR count). The summed E-state index contributed by atoms with van der Waals surface area (Å²) in [7, 11) is -3.95. The number of aromatic nitrogens is 1. The Bertz CT molecular complexity index is 1260. The van der Waals surface area contributed by atoms with Crippen LogP contribution in [-0.2, 0) is 10.0 Å². The van der Waals surface area contributed by atoms with Crippen LogP contribution in [0.3, 0.4) is 0 Å². The summed E-state index contributed by atoms with van der Waals surface area (Å²) in [5, 5.41) is 19.3. The lowest BCUT2D eigenvalue weighted by molar-refractivity contribution is 0.504. The fraction of sp³-hybridized carbons (Fsp3) is 0.292. The SMILES string of the molecule is C.C1CCCCC1.NC(O)=S.NC(O)=S.NS(=O)(=O)c1ccccc1-c1ocnc1-c1ccc(F)c(Cl)c1.O. The van der Waals surface area contributed by atoms with Gasteiger partial charge in [-0.05, 0) is 54.8 Å². The highest BCUT2D eigenvalue weighted by molar-refractivity contribution is 7.89. The van der Waals surface area contributed by atoms with Gasteiger partial charge < -0.3 is 31.6 Å². The molecule has 0 amide bonds. The summed E-state index contributed by atoms with van der Waals surface area (Å²) >= 11 is 13.5. The van der Waals surface area contributed by atoms with Crippen LogP contribution in [0.25, 0.3) is 22.6 Å². The highest BCUT2D eigenvalue weighted by Gasteiger charge is 2.21. The molecular weight excluding hydrogens is 591 g/mol. The van der Waals surface area contributed by atoms with E-state index in [2.05, 4.69) is 40.9 Å². The maximum atomic E-state index is 13.3. The Hall–Kier alpha value is -2.88. The molecule has 0 aliphatic heterocycles. The average molecular weight is 625 g/mol. The van der Waals surface area contributed by atoms with Crippen molar-refractivity contribution >= 4 is 56.4 Å². The molecule has 0 bridgehead atoms. The number of aliphatic hydroxyl groups excluding tert-OH is 2. The summed E-state index contributed by atoms with van der Waals surface area (Å²) in [6, 6.07) is 10.2. The van der Waals surface area contributed by atoms with Gasteiger partial charge in [0.25, 0.3) is 10.3 Å². The maximum absolute atomic E-state index is 13.3. The number of primary sulfonamides is 1. The summed E-state index contributed by atoms with van der Waals surface area (Å²) in [5.74, 6) is -0.359. The van der Waals surface area contributed by atoms with Crippen molar-refractivity contribution in [3.8, 4) is 22.6 Å². The van der Waals surface area contributed by atoms with Crippen LogP contribution in [0.5, 0.6) is 0 Å². The Balaban J connectivity index is 0. The van der Waals surface area contributed by atoms with Gasteiger partial charge in [0, 0.05) is 11.1 Å². The minimum atomic E-state index is -3.95. The number of aliphatic hydroxyl groups is 2. The van der Waals surface area contributed by atoms with Crippen molar-refractivity contribution in [3.63, 3.8) is 0 Å². The Morgan fingerprint density at radius 2 is 1.44 bits per heavy atom. The van der Waals surface area contributed by atoms with Gasteiger partial charge in [-0.15, -0.1) is 0 Å². The number of halogens is 2. The second-order valence-electron chi connectivity index (χ2n) is 7.50. The molecule has 0 saturated heterocycles. The largest absolute Gasteiger partial charge is 0.487 e. The third-order valence-corrected chi connectivity index (χ3v) is 5.96. The Morgan fingerprint density at radius 1 is 0.974 bits per heavy atom. The molecule has 15 heteroatoms. The van der Waals surface area contributed by atoms with Gasteiger partial charge in [0.2, 0.25) is 10.0 Å². The van der Waals surface area contributed by atoms with Crippen molar-refractivity contribution in [2.75, 3.05) is 0 Å². The molecule has 218 valence electrons. The number of sulfonamides is 1. The first-order valence-electron chi connectivity index (χ1n) is 10.8. The second-order valence-corrected chi connectivity index (χ2v) is 10.3. The quantitative estimate of drug-likeness (QED) is 0.241. The molecule has 0 spiro atoms. The van der Waals surface area contributed by atoms with Gasteiger partial charge >= 0.3 is 0 Å². The molecule has 1 aliphatic rings. The topological polar surface area (TPSA) is 210 Å². The lowest BCUT2D eigenvalue weighted by Crippen LogP contribution is -2.13. The van der Waals surface area contributed by atoms with Crippen molar-refractivity contribution in [3.05, 3.63) is 59.7 Å². The number of rotatable bonds is 3. The maximum Gasteiger partial charge on any atom is 0.251 e. The standard InChI is InChI=1S/C15H10ClFN2O3S.C6H12.2CH3NOS.CH4.H2O/c16-11-7-9(5-6-12(11)17)14-15(22-8-19-14)10-3-1-2-4-13(10)23(18,20)21;1-2-4-6-5-3-1;2*2-1(3)4;;/h1-8H,(H2,18,20,21);1-6H2;2*(H3,2,3,4);1H4;1H2. The zero-order valence-corrected chi connectivity index (χ0v) is 23.3. The van der Waals surface area contributed by atoms with E-state index < -0.39 is 26.2 Å². The summed E-state index contributed by atoms with van der Waals surface area (Å²) in [5.41, 5.74) is 9.89. The van der Waals surface area contributed by atoms with E-state index in [1.54, 1.807) is 18.2 Å². The minimum absolute atomic E-state index is 0. The molecule has 3 aromatic rings. The Labute approximate surface area is 243 Å². The van der Waals surface area contributed by atoms with E-state index in [9.17, 15) is 12.8 Å². The monoisotopic (exact) mass is 624 g/mol. The van der Waals surface area contributed by atoms with Gasteiger partial charge in [-0.3, -0.25) is 0 Å². The average Bonchev–Trinajstić information content (AvgIpc) is 3.31. The summed E-state index contributed by atoms with van der Waals surface area (Å²) < 4.78 is 42.1. The first-order valence-corrected chi connectivity index (χ1v) is 13.6. The van der Waals surface area contributed by atoms with E-state index in [0.29, 0.717) is 11.3 Å². The molecule has 10 N–H and O–H groups in total. The number of oxazole rings is 1. The van der Waals surface area contributed by atoms with Crippen molar-refractivity contribution in [1.82, 2.24) is 4.98 Å². The summed E-state index contributed by atoms with van der Waals surface area (Å²) in [6.45, 7) is 0. The highest BCUT2D eigenvalue weighted by Crippen LogP contribution is 2.35. The van der Waals surface area contributed by atoms with Crippen LogP contribution < -0.4 is 16.6 Å². The van der Waals surface area contributed by atoms with E-state index in [1.165, 1.54) is 69.2 Å². The van der Waals surface area contributed by atoms with Crippen LogP contribution >= 0.6 is 36.0 Å². The molecule has 1 heterocycles. The zero-order chi connectivity index (χ0) is 28.0. The zero-order valence-electron chi connectivity index (χ0n) is 20.1. The summed E-state index contributed by atoms with van der Waals surface area (Å²) in [6.07, 6.45) is 10.2. The smallest absolute Gasteiger partial charge is 0.251 e. The molecule has 2 aromatic carbocycles. The minimum Gasteiger partial charge on any atom is -0.487 e. The lowest BCUT2D eigenvalue weighted by Gasteiger charge is -2.07. The molecule has 1 aliphatic carbocycles. The number of benzene rings is 2. The first-order chi connectivity index (χ1) is 17.3. The van der Waals surface area contributed by atoms with Crippen molar-refractivity contribution in [2.24, 2.45) is 16.6 Å². The Morgan fingerprint density at radius 3 is 1.87 bits per heavy atom. The third-order valence-electron chi connectivity index (χ3n) is 4.70. The molecule has 1 aromatic heterocycles. The van der Waals surface area contributed by atoms with Crippen LogP contribution in [0.15, 0.2) is 58.2 Å². The van der Waals surface area contributed by atoms with Crippen LogP contribution in [0.2, 0.25) is 5.02 Å². The summed E-state index contributed by atoms with van der Waals surface area (Å²) in [4.78, 5) is 3.98. The van der Waals surface area contributed by atoms with Gasteiger partial charge in [0.1, 0.15) is 11.5 Å². The van der Waals surface area contributed by atoms with E-state index >= 15 is 0 Å². The van der Waals surface area contributed by atoms with Crippen molar-refractivity contribution < 1.29 is 32.9 Å². The fourth-order valence-corrected chi connectivity index (χ4v) is 4.17. The van der Waals surface area contributed by atoms with Gasteiger partial charge in [-0.25, -0.2) is 22.9 Å². The first kappa shape index (κ1) is 38.3. The van der Waals surface area contributed by atoms with Gasteiger partial charge in [0.15, 0.2) is 12.2 Å². The van der Waals surface area contributed by atoms with Crippen molar-refractivity contribution in [2.45, 2.75) is 50.8 Å². The van der Waals surface area contributed by atoms with E-state index in [1.807, 2.05) is 0 Å². The van der Waals surface area contributed by atoms with Gasteiger partial charge in [-0.1, -0.05) is 69.7 Å². The van der Waals surface area contributed by atoms with Crippen LogP contribution in [0, 0.1) is 5.82 Å². The van der Waals surface area contributed by atoms with Crippen LogP contribution in [0.1, 0.15) is 46.0 Å². The van der Waals surface area contributed by atoms with Crippen LogP contribution in [0.4, 0.5) is 4.39 Å². The number of hydrogen-bond donors (Lipinski definition) is 5. The molecule has 1 fully saturated rings. The van der Waals surface area contributed by atoms with E-state index in [4.69, 9.17) is 31.4 Å². The third kappa shape index (κ3) is 14.7. The van der Waals surface area contributed by atoms with Gasteiger partial charge in [-0.2, -0.15) is 0 Å². The second kappa shape index (κ2) is 19.2. The van der Waals surface area contributed by atoms with E-state index in [-0.39, 0.29) is 34.1 Å². The van der Waals surface area contributed by atoms with Crippen LogP contribution in [-0.4, -0.2) is 39.4 Å². The molecule has 0 atom stereocenters. The number of thiocarbonyl (C=S) groups is 2. The van der Waals surface area contributed by atoms with Crippen molar-refractivity contribution in [1.29, 1.82) is 0 Å². The normalized spacial score (nSPS) is 11.8. The highest BCUT2D eigenvalue weighted by atomic mass is 35.5. The lowest BCUT2D eigenvalue weighted by atomic mass is 10.0. The molecule has 0 radical (unpaired) electrons. The molecule has 39 heavy (non-hydrogen) atoms. The molecule has 1 saturated carbocycles. The predicted octanol–water partition coefficient (Wildman–Crippen LogP) is 5.18. The predicted molar refractivity (Wildman–Crippen MR) is 161 cm³/mol. The van der Waals surface area contributed by atoms with Gasteiger partial charge in [0.05, 0.1) is 9.92 Å². The number of nitrogens with zero attached hydrogens (tertiary/aromatic N) is 1. The Kier molecular flexibility index (Phi) is 18.9. The molecule has 10 nitrogen and oxygen atoms in total. The number of hydrogen-bond acceptors (Lipinski definition) is 6. The molecule has 0 unspecified atom stereocenters. The fourth-order valence-electron chi connectivity index (χ4n) is 3.25. The molecular formula is C24H34ClFN4O6S3. The van der Waals surface area contributed by atoms with E-state index in [0.717, 1.165) is 0 Å². The number of nitrogens with two attached hydrogens (primary N) is 3.